The molecule has 2 N–H and O–H groups in total. The van der Waals surface area contributed by atoms with Crippen molar-refractivity contribution in [2.75, 3.05) is 0 Å². The van der Waals surface area contributed by atoms with Crippen molar-refractivity contribution in [2.24, 2.45) is 0 Å². The minimum atomic E-state index is -0.915. The molecule has 0 radical (unpaired) electrons. The van der Waals surface area contributed by atoms with Crippen LogP contribution >= 0.6 is 0 Å². The molecule has 0 unspecified atom stereocenters. The first-order valence-corrected chi connectivity index (χ1v) is 6.72. The van der Waals surface area contributed by atoms with Gasteiger partial charge < -0.3 is 10.2 Å². The number of aryl methyl sites for hydroxylation is 1. The van der Waals surface area contributed by atoms with Crippen molar-refractivity contribution in [3.8, 4) is 5.75 Å². The molecule has 1 aromatic rings. The second-order valence-electron chi connectivity index (χ2n) is 5.07. The van der Waals surface area contributed by atoms with E-state index in [4.69, 9.17) is 5.11 Å². The minimum Gasteiger partial charge on any atom is -0.507 e. The van der Waals surface area contributed by atoms with Crippen molar-refractivity contribution in [2.45, 2.75) is 51.4 Å². The molecule has 0 saturated heterocycles. The van der Waals surface area contributed by atoms with Crippen molar-refractivity contribution in [3.05, 3.63) is 28.8 Å². The van der Waals surface area contributed by atoms with Crippen LogP contribution in [0.5, 0.6) is 5.75 Å². The highest BCUT2D eigenvalue weighted by atomic mass is 16.4. The van der Waals surface area contributed by atoms with Crippen molar-refractivity contribution in [1.29, 1.82) is 0 Å². The number of phenolic OH excluding ortho intramolecular Hbond substituents is 1. The zero-order valence-corrected chi connectivity index (χ0v) is 10.8. The minimum absolute atomic E-state index is 0.297. The Morgan fingerprint density at radius 1 is 1.28 bits per heavy atom. The molecule has 1 aromatic carbocycles. The van der Waals surface area contributed by atoms with Crippen molar-refractivity contribution < 1.29 is 15.0 Å². The largest absolute Gasteiger partial charge is 0.507 e. The lowest BCUT2D eigenvalue weighted by atomic mass is 9.82. The second kappa shape index (κ2) is 5.42. The molecule has 0 amide bonds. The van der Waals surface area contributed by atoms with E-state index in [1.807, 2.05) is 6.92 Å². The Morgan fingerprint density at radius 2 is 1.94 bits per heavy atom. The fourth-order valence-corrected chi connectivity index (χ4v) is 2.84. The van der Waals surface area contributed by atoms with Gasteiger partial charge in [0, 0.05) is 0 Å². The summed E-state index contributed by atoms with van der Waals surface area (Å²) in [6.07, 6.45) is 6.36. The molecule has 0 atom stereocenters. The van der Waals surface area contributed by atoms with Crippen LogP contribution < -0.4 is 0 Å². The van der Waals surface area contributed by atoms with Gasteiger partial charge in [0.2, 0.25) is 0 Å². The van der Waals surface area contributed by atoms with Gasteiger partial charge in [0.1, 0.15) is 5.75 Å². The summed E-state index contributed by atoms with van der Waals surface area (Å²) >= 11 is 0. The number of hydrogen-bond donors (Lipinski definition) is 2. The van der Waals surface area contributed by atoms with E-state index in [0.29, 0.717) is 23.7 Å². The number of hydrogen-bond acceptors (Lipinski definition) is 2. The lowest BCUT2D eigenvalue weighted by molar-refractivity contribution is 0.0696. The fraction of sp³-hybridized carbons (Fsp3) is 0.533. The summed E-state index contributed by atoms with van der Waals surface area (Å²) < 4.78 is 0. The monoisotopic (exact) mass is 248 g/mol. The molecular weight excluding hydrogens is 228 g/mol. The van der Waals surface area contributed by atoms with Crippen LogP contribution in [0.4, 0.5) is 0 Å². The van der Waals surface area contributed by atoms with Gasteiger partial charge in [-0.1, -0.05) is 26.2 Å². The lowest BCUT2D eigenvalue weighted by Crippen LogP contribution is -2.08. The Balaban J connectivity index is 2.43. The number of phenols is 1. The third-order valence-corrected chi connectivity index (χ3v) is 3.89. The van der Waals surface area contributed by atoms with Gasteiger partial charge in [0.05, 0.1) is 5.56 Å². The summed E-state index contributed by atoms with van der Waals surface area (Å²) in [5, 5.41) is 19.4. The Morgan fingerprint density at radius 3 is 2.50 bits per heavy atom. The van der Waals surface area contributed by atoms with E-state index in [-0.39, 0.29) is 0 Å². The van der Waals surface area contributed by atoms with Crippen LogP contribution in [0.25, 0.3) is 0 Å². The smallest absolute Gasteiger partial charge is 0.335 e. The first-order valence-electron chi connectivity index (χ1n) is 6.72. The SMILES string of the molecule is CCc1cc(C(=O)O)cc(C2CCCCC2)c1O. The Hall–Kier alpha value is -1.51. The summed E-state index contributed by atoms with van der Waals surface area (Å²) in [5.41, 5.74) is 1.88. The van der Waals surface area contributed by atoms with Gasteiger partial charge in [-0.15, -0.1) is 0 Å². The first kappa shape index (κ1) is 12.9. The first-order chi connectivity index (χ1) is 8.63. The number of rotatable bonds is 3. The van der Waals surface area contributed by atoms with Gasteiger partial charge in [0.25, 0.3) is 0 Å². The van der Waals surface area contributed by atoms with Gasteiger partial charge in [-0.05, 0) is 48.4 Å². The summed E-state index contributed by atoms with van der Waals surface area (Å²) in [4.78, 5) is 11.1. The zero-order chi connectivity index (χ0) is 13.1. The third-order valence-electron chi connectivity index (χ3n) is 3.89. The maximum absolute atomic E-state index is 11.1. The van der Waals surface area contributed by atoms with E-state index in [9.17, 15) is 9.90 Å². The summed E-state index contributed by atoms with van der Waals surface area (Å²) in [6, 6.07) is 3.25. The predicted molar refractivity (Wildman–Crippen MR) is 70.3 cm³/mol. The second-order valence-corrected chi connectivity index (χ2v) is 5.07. The molecule has 98 valence electrons. The normalized spacial score (nSPS) is 16.7. The van der Waals surface area contributed by atoms with Gasteiger partial charge >= 0.3 is 5.97 Å². The third kappa shape index (κ3) is 2.50. The molecule has 0 aromatic heterocycles. The maximum Gasteiger partial charge on any atom is 0.335 e. The molecule has 3 nitrogen and oxygen atoms in total. The highest BCUT2D eigenvalue weighted by molar-refractivity contribution is 5.88. The lowest BCUT2D eigenvalue weighted by Gasteiger charge is -2.24. The molecule has 18 heavy (non-hydrogen) atoms. The summed E-state index contributed by atoms with van der Waals surface area (Å²) in [7, 11) is 0. The van der Waals surface area contributed by atoms with Crippen LogP contribution in [0.3, 0.4) is 0 Å². The molecule has 3 heteroatoms. The number of aromatic hydroxyl groups is 1. The Bertz CT molecular complexity index is 445. The van der Waals surface area contributed by atoms with Crippen LogP contribution in [0, 0.1) is 0 Å². The number of aromatic carboxylic acids is 1. The highest BCUT2D eigenvalue weighted by Crippen LogP contribution is 2.39. The van der Waals surface area contributed by atoms with Crippen LogP contribution in [0.15, 0.2) is 12.1 Å². The van der Waals surface area contributed by atoms with Gasteiger partial charge in [-0.25, -0.2) is 4.79 Å². The Kier molecular flexibility index (Phi) is 3.90. The van der Waals surface area contributed by atoms with Crippen LogP contribution in [0.2, 0.25) is 0 Å². The molecule has 1 aliphatic carbocycles. The summed E-state index contributed by atoms with van der Waals surface area (Å²) in [5.74, 6) is -0.278. The van der Waals surface area contributed by atoms with E-state index in [2.05, 4.69) is 0 Å². The zero-order valence-electron chi connectivity index (χ0n) is 10.8. The molecule has 2 rings (SSSR count). The van der Waals surface area contributed by atoms with E-state index < -0.39 is 5.97 Å². The number of benzene rings is 1. The molecule has 0 bridgehead atoms. The standard InChI is InChI=1S/C15H20O3/c1-2-10-8-12(15(17)18)9-13(14(10)16)11-6-4-3-5-7-11/h8-9,11,16H,2-7H2,1H3,(H,17,18). The molecule has 1 aliphatic rings. The van der Waals surface area contributed by atoms with Gasteiger partial charge in [-0.2, -0.15) is 0 Å². The molecular formula is C15H20O3. The van der Waals surface area contributed by atoms with E-state index in [0.717, 1.165) is 24.0 Å². The van der Waals surface area contributed by atoms with Crippen LogP contribution in [0.1, 0.15) is 66.4 Å². The van der Waals surface area contributed by atoms with E-state index in [1.54, 1.807) is 12.1 Å². The number of carboxylic acids is 1. The van der Waals surface area contributed by atoms with Gasteiger partial charge in [0.15, 0.2) is 0 Å². The fourth-order valence-electron chi connectivity index (χ4n) is 2.84. The average Bonchev–Trinajstić information content (AvgIpc) is 2.39. The molecule has 0 aliphatic heterocycles. The topological polar surface area (TPSA) is 57.5 Å². The molecule has 0 spiro atoms. The van der Waals surface area contributed by atoms with Crippen molar-refractivity contribution >= 4 is 5.97 Å². The number of carbonyl (C=O) groups is 1. The van der Waals surface area contributed by atoms with E-state index in [1.165, 1.54) is 19.3 Å². The van der Waals surface area contributed by atoms with Crippen LogP contribution in [-0.2, 0) is 6.42 Å². The number of carboxylic acid groups (broad SMARTS) is 1. The van der Waals surface area contributed by atoms with Crippen molar-refractivity contribution in [1.82, 2.24) is 0 Å². The molecule has 0 heterocycles. The quantitative estimate of drug-likeness (QED) is 0.857. The highest BCUT2D eigenvalue weighted by Gasteiger charge is 2.22. The molecule has 1 saturated carbocycles. The van der Waals surface area contributed by atoms with Crippen molar-refractivity contribution in [3.63, 3.8) is 0 Å². The Labute approximate surface area is 107 Å². The maximum atomic E-state index is 11.1. The van der Waals surface area contributed by atoms with Gasteiger partial charge in [-0.3, -0.25) is 0 Å². The molecule has 1 fully saturated rings. The predicted octanol–water partition coefficient (Wildman–Crippen LogP) is 3.70. The summed E-state index contributed by atoms with van der Waals surface area (Å²) in [6.45, 7) is 1.94. The van der Waals surface area contributed by atoms with Crippen LogP contribution in [-0.4, -0.2) is 16.2 Å². The average molecular weight is 248 g/mol. The van der Waals surface area contributed by atoms with E-state index >= 15 is 0 Å².